The normalized spacial score (nSPS) is 13.1. The van der Waals surface area contributed by atoms with Crippen LogP contribution in [0.25, 0.3) is 0 Å². The highest BCUT2D eigenvalue weighted by molar-refractivity contribution is 9.09. The zero-order valence-electron chi connectivity index (χ0n) is 11.2. The van der Waals surface area contributed by atoms with Crippen molar-refractivity contribution in [3.63, 3.8) is 0 Å². The predicted molar refractivity (Wildman–Crippen MR) is 76.8 cm³/mol. The maximum atomic E-state index is 5.12. The summed E-state index contributed by atoms with van der Waals surface area (Å²) >= 11 is 3.62. The van der Waals surface area contributed by atoms with Gasteiger partial charge in [-0.05, 0) is 32.0 Å². The van der Waals surface area contributed by atoms with Gasteiger partial charge >= 0.3 is 0 Å². The average molecular weight is 300 g/mol. The van der Waals surface area contributed by atoms with Crippen LogP contribution in [0, 0.1) is 13.8 Å². The highest BCUT2D eigenvalue weighted by atomic mass is 79.9. The largest absolute Gasteiger partial charge is 0.383 e. The molecule has 0 bridgehead atoms. The second-order valence-corrected chi connectivity index (χ2v) is 5.97. The first-order valence-corrected chi connectivity index (χ1v) is 6.82. The number of nitrogens with zero attached hydrogens (tertiary/aromatic N) is 1. The summed E-state index contributed by atoms with van der Waals surface area (Å²) in [5.74, 6) is 0. The van der Waals surface area contributed by atoms with E-state index >= 15 is 0 Å². The summed E-state index contributed by atoms with van der Waals surface area (Å²) in [5, 5.41) is 0. The Kier molecular flexibility index (Phi) is 6.17. The van der Waals surface area contributed by atoms with Gasteiger partial charge in [0.2, 0.25) is 0 Å². The summed E-state index contributed by atoms with van der Waals surface area (Å²) in [4.78, 5) is 2.71. The van der Waals surface area contributed by atoms with Crippen molar-refractivity contribution < 1.29 is 4.74 Å². The van der Waals surface area contributed by atoms with Crippen molar-refractivity contribution in [1.82, 2.24) is 4.90 Å². The lowest BCUT2D eigenvalue weighted by Gasteiger charge is -2.21. The Morgan fingerprint density at radius 2 is 2.06 bits per heavy atom. The van der Waals surface area contributed by atoms with E-state index in [9.17, 15) is 0 Å². The Balaban J connectivity index is 2.55. The SMILES string of the molecule is COCC(Br)CN(C)Cc1cc(C)ccc1C. The third-order valence-electron chi connectivity index (χ3n) is 2.80. The Hall–Kier alpha value is -0.380. The van der Waals surface area contributed by atoms with Gasteiger partial charge in [-0.2, -0.15) is 0 Å². The first-order chi connectivity index (χ1) is 8.02. The van der Waals surface area contributed by atoms with Crippen molar-refractivity contribution in [3.8, 4) is 0 Å². The summed E-state index contributed by atoms with van der Waals surface area (Å²) in [7, 11) is 3.88. The Morgan fingerprint density at radius 3 is 2.71 bits per heavy atom. The predicted octanol–water partition coefficient (Wildman–Crippen LogP) is 3.15. The van der Waals surface area contributed by atoms with E-state index in [1.165, 1.54) is 16.7 Å². The molecule has 0 aliphatic heterocycles. The van der Waals surface area contributed by atoms with Gasteiger partial charge in [0, 0.05) is 20.2 Å². The van der Waals surface area contributed by atoms with Gasteiger partial charge < -0.3 is 9.64 Å². The van der Waals surface area contributed by atoms with Crippen molar-refractivity contribution in [1.29, 1.82) is 0 Å². The molecule has 0 fully saturated rings. The van der Waals surface area contributed by atoms with Crippen molar-refractivity contribution in [2.45, 2.75) is 25.2 Å². The van der Waals surface area contributed by atoms with Crippen LogP contribution in [0.3, 0.4) is 0 Å². The highest BCUT2D eigenvalue weighted by Crippen LogP contribution is 2.13. The zero-order valence-corrected chi connectivity index (χ0v) is 12.8. The van der Waals surface area contributed by atoms with Gasteiger partial charge in [-0.25, -0.2) is 0 Å². The Bertz CT molecular complexity index is 354. The first kappa shape index (κ1) is 14.7. The molecular formula is C14H22BrNO. The molecule has 0 aliphatic carbocycles. The van der Waals surface area contributed by atoms with Gasteiger partial charge in [0.1, 0.15) is 0 Å². The van der Waals surface area contributed by atoms with Crippen LogP contribution < -0.4 is 0 Å². The highest BCUT2D eigenvalue weighted by Gasteiger charge is 2.09. The van der Waals surface area contributed by atoms with Gasteiger partial charge in [0.25, 0.3) is 0 Å². The standard InChI is InChI=1S/C14H22BrNO/c1-11-5-6-12(2)13(7-11)8-16(3)9-14(15)10-17-4/h5-7,14H,8-10H2,1-4H3. The third kappa shape index (κ3) is 5.19. The molecule has 0 saturated carbocycles. The second-order valence-electron chi connectivity index (χ2n) is 4.68. The number of benzene rings is 1. The van der Waals surface area contributed by atoms with Crippen molar-refractivity contribution >= 4 is 15.9 Å². The van der Waals surface area contributed by atoms with Crippen LogP contribution in [-0.2, 0) is 11.3 Å². The van der Waals surface area contributed by atoms with Gasteiger partial charge in [-0.15, -0.1) is 0 Å². The van der Waals surface area contributed by atoms with Gasteiger partial charge in [-0.1, -0.05) is 39.7 Å². The van der Waals surface area contributed by atoms with Crippen LogP contribution in [-0.4, -0.2) is 37.0 Å². The third-order valence-corrected chi connectivity index (χ3v) is 3.36. The lowest BCUT2D eigenvalue weighted by molar-refractivity contribution is 0.185. The fourth-order valence-corrected chi connectivity index (χ4v) is 2.66. The molecule has 0 heterocycles. The zero-order chi connectivity index (χ0) is 12.8. The van der Waals surface area contributed by atoms with Crippen LogP contribution in [0.1, 0.15) is 16.7 Å². The molecule has 17 heavy (non-hydrogen) atoms. The van der Waals surface area contributed by atoms with Gasteiger partial charge in [0.15, 0.2) is 0 Å². The number of rotatable bonds is 6. The number of hydrogen-bond acceptors (Lipinski definition) is 2. The summed E-state index contributed by atoms with van der Waals surface area (Å²) in [6.07, 6.45) is 0. The molecule has 0 N–H and O–H groups in total. The molecule has 0 saturated heterocycles. The lowest BCUT2D eigenvalue weighted by Crippen LogP contribution is -2.28. The molecule has 1 atom stereocenters. The maximum Gasteiger partial charge on any atom is 0.0600 e. The fraction of sp³-hybridized carbons (Fsp3) is 0.571. The van der Waals surface area contributed by atoms with Crippen LogP contribution in [0.2, 0.25) is 0 Å². The molecular weight excluding hydrogens is 278 g/mol. The average Bonchev–Trinajstić information content (AvgIpc) is 2.23. The molecule has 0 amide bonds. The molecule has 0 aromatic heterocycles. The maximum absolute atomic E-state index is 5.12. The summed E-state index contributed by atoms with van der Waals surface area (Å²) in [5.41, 5.74) is 4.09. The number of alkyl halides is 1. The van der Waals surface area contributed by atoms with Crippen LogP contribution in [0.5, 0.6) is 0 Å². The van der Waals surface area contributed by atoms with E-state index in [-0.39, 0.29) is 0 Å². The smallest absolute Gasteiger partial charge is 0.0600 e. The number of methoxy groups -OCH3 is 1. The minimum absolute atomic E-state index is 0.391. The number of halogens is 1. The van der Waals surface area contributed by atoms with E-state index in [1.807, 2.05) is 0 Å². The molecule has 2 nitrogen and oxygen atoms in total. The van der Waals surface area contributed by atoms with E-state index in [1.54, 1.807) is 7.11 Å². The number of hydrogen-bond donors (Lipinski definition) is 0. The second kappa shape index (κ2) is 7.14. The molecule has 1 unspecified atom stereocenters. The van der Waals surface area contributed by atoms with E-state index in [4.69, 9.17) is 4.74 Å². The molecule has 1 rings (SSSR count). The minimum atomic E-state index is 0.391. The quantitative estimate of drug-likeness (QED) is 0.748. The Morgan fingerprint density at radius 1 is 1.35 bits per heavy atom. The lowest BCUT2D eigenvalue weighted by atomic mass is 10.1. The van der Waals surface area contributed by atoms with Crippen molar-refractivity contribution in [2.75, 3.05) is 27.3 Å². The summed E-state index contributed by atoms with van der Waals surface area (Å²) in [6, 6.07) is 6.63. The van der Waals surface area contributed by atoms with E-state index in [2.05, 4.69) is 59.9 Å². The van der Waals surface area contributed by atoms with Crippen molar-refractivity contribution in [2.24, 2.45) is 0 Å². The van der Waals surface area contributed by atoms with E-state index < -0.39 is 0 Å². The molecule has 1 aromatic rings. The number of ether oxygens (including phenoxy) is 1. The molecule has 1 aromatic carbocycles. The molecule has 0 radical (unpaired) electrons. The fourth-order valence-electron chi connectivity index (χ4n) is 1.90. The van der Waals surface area contributed by atoms with Crippen LogP contribution >= 0.6 is 15.9 Å². The summed E-state index contributed by atoms with van der Waals surface area (Å²) < 4.78 is 5.12. The van der Waals surface area contributed by atoms with E-state index in [0.717, 1.165) is 19.7 Å². The first-order valence-electron chi connectivity index (χ1n) is 5.90. The Labute approximate surface area is 113 Å². The monoisotopic (exact) mass is 299 g/mol. The van der Waals surface area contributed by atoms with Gasteiger partial charge in [-0.3, -0.25) is 0 Å². The summed E-state index contributed by atoms with van der Waals surface area (Å²) in [6.45, 7) is 7.03. The van der Waals surface area contributed by atoms with Crippen LogP contribution in [0.4, 0.5) is 0 Å². The molecule has 0 spiro atoms. The molecule has 96 valence electrons. The topological polar surface area (TPSA) is 12.5 Å². The minimum Gasteiger partial charge on any atom is -0.383 e. The molecule has 0 aliphatic rings. The molecule has 3 heteroatoms. The van der Waals surface area contributed by atoms with Crippen molar-refractivity contribution in [3.05, 3.63) is 34.9 Å². The van der Waals surface area contributed by atoms with Gasteiger partial charge in [0.05, 0.1) is 11.4 Å². The van der Waals surface area contributed by atoms with E-state index in [0.29, 0.717) is 4.83 Å². The number of aryl methyl sites for hydroxylation is 2. The van der Waals surface area contributed by atoms with Crippen LogP contribution in [0.15, 0.2) is 18.2 Å².